The van der Waals surface area contributed by atoms with Gasteiger partial charge in [0.2, 0.25) is 11.8 Å². The highest BCUT2D eigenvalue weighted by atomic mass is 16.8. The van der Waals surface area contributed by atoms with E-state index in [2.05, 4.69) is 51.3 Å². The van der Waals surface area contributed by atoms with Crippen LogP contribution in [0.3, 0.4) is 0 Å². The van der Waals surface area contributed by atoms with Crippen molar-refractivity contribution < 1.29 is 128 Å². The molecule has 9 rings (SSSR count). The molecule has 28 heteroatoms. The topological polar surface area (TPSA) is 431 Å². The molecule has 0 aromatic heterocycles. The summed E-state index contributed by atoms with van der Waals surface area (Å²) in [7, 11) is 0. The van der Waals surface area contributed by atoms with E-state index in [0.717, 1.165) is 57.9 Å². The van der Waals surface area contributed by atoms with Gasteiger partial charge in [-0.3, -0.25) is 14.4 Å². The first-order valence-corrected chi connectivity index (χ1v) is 31.7. The third kappa shape index (κ3) is 14.0. The van der Waals surface area contributed by atoms with Gasteiger partial charge in [-0.05, 0) is 110 Å². The van der Waals surface area contributed by atoms with Gasteiger partial charge in [0.05, 0.1) is 39.1 Å². The maximum atomic E-state index is 13.0. The van der Waals surface area contributed by atoms with Crippen LogP contribution in [0.25, 0.3) is 0 Å². The van der Waals surface area contributed by atoms with Crippen molar-refractivity contribution in [3.05, 3.63) is 34.4 Å². The van der Waals surface area contributed by atoms with Crippen LogP contribution in [0.2, 0.25) is 0 Å². The number of ether oxygens (including phenoxy) is 10. The summed E-state index contributed by atoms with van der Waals surface area (Å²) < 4.78 is 61.8. The lowest BCUT2D eigenvalue weighted by molar-refractivity contribution is -0.379. The number of carbonyl (C=O) groups is 3. The van der Waals surface area contributed by atoms with Gasteiger partial charge in [-0.1, -0.05) is 51.8 Å². The van der Waals surface area contributed by atoms with Gasteiger partial charge in [0.1, 0.15) is 116 Å². The number of carbonyl (C=O) groups excluding carboxylic acids is 3. The van der Waals surface area contributed by atoms with Crippen molar-refractivity contribution in [3.63, 3.8) is 0 Å². The summed E-state index contributed by atoms with van der Waals surface area (Å²) in [5.41, 5.74) is 4.38. The summed E-state index contributed by atoms with van der Waals surface area (Å²) in [6.45, 7) is 13.6. The molecule has 2 amide bonds. The van der Waals surface area contributed by atoms with Crippen molar-refractivity contribution in [1.29, 1.82) is 0 Å². The summed E-state index contributed by atoms with van der Waals surface area (Å²) in [6.07, 6.45) is -28.6. The quantitative estimate of drug-likeness (QED) is 0.0549. The van der Waals surface area contributed by atoms with E-state index in [1.165, 1.54) is 16.7 Å². The number of rotatable bonds is 20. The van der Waals surface area contributed by atoms with E-state index < -0.39 is 204 Å². The number of allylic oxidation sites excluding steroid dienone is 6. The highest BCUT2D eigenvalue weighted by Gasteiger charge is 2.61. The molecule has 4 aliphatic carbocycles. The lowest BCUT2D eigenvalue weighted by atomic mass is 9.46. The van der Waals surface area contributed by atoms with Crippen molar-refractivity contribution in [2.45, 2.75) is 267 Å². The first-order chi connectivity index (χ1) is 42.4. The molecule has 0 radical (unpaired) electrons. The Balaban J connectivity index is 0.986. The molecule has 0 unspecified atom stereocenters. The van der Waals surface area contributed by atoms with E-state index in [4.69, 9.17) is 47.4 Å². The van der Waals surface area contributed by atoms with Crippen molar-refractivity contribution in [2.24, 2.45) is 34.0 Å². The summed E-state index contributed by atoms with van der Waals surface area (Å²) in [5, 5.41) is 147. The van der Waals surface area contributed by atoms with E-state index in [1.54, 1.807) is 6.08 Å². The lowest BCUT2D eigenvalue weighted by Gasteiger charge is -2.60. The molecule has 6 fully saturated rings. The third-order valence-electron chi connectivity index (χ3n) is 21.1. The number of aliphatic hydroxyl groups is 13. The Morgan fingerprint density at radius 1 is 0.600 bits per heavy atom. The van der Waals surface area contributed by atoms with Crippen molar-refractivity contribution in [2.75, 3.05) is 33.0 Å². The fourth-order valence-corrected chi connectivity index (χ4v) is 16.3. The van der Waals surface area contributed by atoms with E-state index in [9.17, 15) is 80.8 Å². The van der Waals surface area contributed by atoms with Gasteiger partial charge >= 0.3 is 0 Å². The fraction of sp³-hybridized carbons (Fsp3) is 0.855. The van der Waals surface area contributed by atoms with Crippen molar-refractivity contribution in [3.8, 4) is 0 Å². The Kier molecular flexibility index (Phi) is 22.7. The molecular weight excluding hydrogens is 1190 g/mol. The second kappa shape index (κ2) is 28.7. The van der Waals surface area contributed by atoms with Crippen LogP contribution in [-0.2, 0) is 61.8 Å². The van der Waals surface area contributed by atoms with E-state index in [1.807, 2.05) is 13.8 Å². The molecule has 9 aliphatic rings. The van der Waals surface area contributed by atoms with Crippen LogP contribution in [-0.4, -0.2) is 270 Å². The summed E-state index contributed by atoms with van der Waals surface area (Å²) >= 11 is 0. The summed E-state index contributed by atoms with van der Waals surface area (Å²) in [5.74, 6) is -0.617. The van der Waals surface area contributed by atoms with Gasteiger partial charge in [-0.2, -0.15) is 0 Å². The minimum Gasteiger partial charge on any atom is -0.394 e. The van der Waals surface area contributed by atoms with Crippen LogP contribution >= 0.6 is 0 Å². The zero-order valence-corrected chi connectivity index (χ0v) is 52.6. The lowest BCUT2D eigenvalue weighted by Crippen LogP contribution is -2.68. The molecule has 90 heavy (non-hydrogen) atoms. The number of nitrogens with one attached hydrogen (secondary N) is 2. The maximum absolute atomic E-state index is 13.0. The smallest absolute Gasteiger partial charge is 0.217 e. The number of aliphatic hydroxyl groups excluding tert-OH is 13. The molecule has 5 saturated heterocycles. The molecule has 30 atom stereocenters. The zero-order valence-electron chi connectivity index (χ0n) is 52.6. The molecular formula is C62H98N2O26. The summed E-state index contributed by atoms with van der Waals surface area (Å²) in [4.78, 5) is 38.4. The fourth-order valence-electron chi connectivity index (χ4n) is 16.3. The normalized spacial score (nSPS) is 46.4. The molecule has 512 valence electrons. The molecule has 15 N–H and O–H groups in total. The van der Waals surface area contributed by atoms with Gasteiger partial charge in [0.15, 0.2) is 37.2 Å². The van der Waals surface area contributed by atoms with Crippen LogP contribution in [0.15, 0.2) is 34.4 Å². The number of ketones is 1. The molecule has 5 heterocycles. The minimum atomic E-state index is -1.99. The molecule has 5 aliphatic heterocycles. The monoisotopic (exact) mass is 1290 g/mol. The largest absolute Gasteiger partial charge is 0.394 e. The van der Waals surface area contributed by atoms with Gasteiger partial charge in [0, 0.05) is 20.3 Å². The Labute approximate surface area is 523 Å². The Morgan fingerprint density at radius 3 is 1.73 bits per heavy atom. The molecule has 0 aromatic rings. The first-order valence-electron chi connectivity index (χ1n) is 31.7. The number of hydrogen-bond donors (Lipinski definition) is 15. The van der Waals surface area contributed by atoms with Crippen LogP contribution in [0.5, 0.6) is 0 Å². The van der Waals surface area contributed by atoms with Gasteiger partial charge in [0.25, 0.3) is 0 Å². The van der Waals surface area contributed by atoms with Gasteiger partial charge in [-0.15, -0.1) is 0 Å². The van der Waals surface area contributed by atoms with Crippen LogP contribution in [0.4, 0.5) is 0 Å². The van der Waals surface area contributed by atoms with E-state index >= 15 is 0 Å². The van der Waals surface area contributed by atoms with Crippen LogP contribution in [0, 0.1) is 34.0 Å². The van der Waals surface area contributed by atoms with Crippen molar-refractivity contribution in [1.82, 2.24) is 10.6 Å². The highest BCUT2D eigenvalue weighted by Crippen LogP contribution is 2.67. The molecule has 0 bridgehead atoms. The first kappa shape index (κ1) is 71.2. The van der Waals surface area contributed by atoms with Gasteiger partial charge < -0.3 is 124 Å². The number of fused-ring (bicyclic) bond motifs is 4. The highest BCUT2D eigenvalue weighted by molar-refractivity contribution is 5.90. The zero-order chi connectivity index (χ0) is 65.8. The molecule has 0 aromatic carbocycles. The average Bonchev–Trinajstić information content (AvgIpc) is 1.19. The predicted molar refractivity (Wildman–Crippen MR) is 309 cm³/mol. The molecule has 28 nitrogen and oxygen atoms in total. The second-order valence-corrected chi connectivity index (χ2v) is 27.7. The van der Waals surface area contributed by atoms with Crippen LogP contribution < -0.4 is 10.6 Å². The summed E-state index contributed by atoms with van der Waals surface area (Å²) in [6, 6.07) is -3.07. The minimum absolute atomic E-state index is 0.0734. The van der Waals surface area contributed by atoms with E-state index in [0.29, 0.717) is 18.8 Å². The standard InChI is InChI=1S/C62H98N2O26/c1-25(2)18-29(70)19-26(3)31-11-12-32-30-10-13-39-60(6,7)40(15-17-62(39,9)33(30)14-16-61(31,32)8)88-59-53(47(75)38(24-82-59)87-55-41(63-27(4)68)48(76)43(71)34(20-65)83-55)89-56-42(64-28(5)69)49(77)46(74)37(86-56)23-81-58-54(51(79)45(73)36(22-67)85-58)90-57-52(80)50(78)44(72)35(21-66)84-57/h12,18,26,31,34-59,65-67,71-80H,10-11,13-17,19-24H2,1-9H3,(H,63,68)(H,64,69)/t26-,31-,34-,35-,36-,37+,38+,39-,40-,41+,42-,43-,44+,45-,46+,47+,48-,49+,50-,51-,52+,53-,54-,55+,56+,57-,58-,59+,61+,62-/m1/s1. The SMILES string of the molecule is CC(=O)N[C@@H]1[C@H](O[C@H]2CO[C@@H](O[C@@H]3CC[C@]4(C)C5=C(CC[C@@H]4C3(C)C)C3=CC[C@H]([C@H](C)CC(=O)C=C(C)C)[C@]3(C)CC5)[C@H](O[C@@H]3O[C@@H](CO[C@@H]4O[C@H](CO)[C@@H](O)[C@@H](O)[C@H]4O[C@H]4O[C@H](CO)[C@H](O)[C@@H](O)[C@@H]4O)[C@H](O)[C@@H](O)[C@H]3NC(C)=O)[C@H]2O)O[C@H](CO)[C@@H](O)[C@@H]1O. The van der Waals surface area contributed by atoms with Gasteiger partial charge in [-0.25, -0.2) is 0 Å². The van der Waals surface area contributed by atoms with E-state index in [-0.39, 0.29) is 28.4 Å². The Bertz CT molecular complexity index is 2600. The van der Waals surface area contributed by atoms with Crippen molar-refractivity contribution >= 4 is 17.6 Å². The average molecular weight is 1290 g/mol. The third-order valence-corrected chi connectivity index (χ3v) is 21.1. The Morgan fingerprint density at radius 2 is 1.13 bits per heavy atom. The Hall–Kier alpha value is -3.09. The molecule has 1 saturated carbocycles. The predicted octanol–water partition coefficient (Wildman–Crippen LogP) is -2.76. The second-order valence-electron chi connectivity index (χ2n) is 27.7. The number of amides is 2. The molecule has 0 spiro atoms. The van der Waals surface area contributed by atoms with Crippen LogP contribution in [0.1, 0.15) is 114 Å². The maximum Gasteiger partial charge on any atom is 0.217 e. The number of hydrogen-bond acceptors (Lipinski definition) is 26.